The third-order valence-corrected chi connectivity index (χ3v) is 4.28. The number of ether oxygens (including phenoxy) is 1. The summed E-state index contributed by atoms with van der Waals surface area (Å²) in [4.78, 5) is 35.4. The Bertz CT molecular complexity index is 650. The molecule has 2 rings (SSSR count). The van der Waals surface area contributed by atoms with Crippen LogP contribution in [0.1, 0.15) is 24.8 Å². The quantitative estimate of drug-likeness (QED) is 0.704. The molecular formula is C16H18O7. The molecule has 1 aromatic rings. The monoisotopic (exact) mass is 322 g/mol. The van der Waals surface area contributed by atoms with Crippen molar-refractivity contribution in [3.8, 4) is 5.75 Å². The highest BCUT2D eigenvalue weighted by Crippen LogP contribution is 2.46. The Morgan fingerprint density at radius 1 is 1.26 bits per heavy atom. The summed E-state index contributed by atoms with van der Waals surface area (Å²) < 4.78 is 5.07. The summed E-state index contributed by atoms with van der Waals surface area (Å²) in [7, 11) is 1.42. The van der Waals surface area contributed by atoms with Gasteiger partial charge in [-0.25, -0.2) is 0 Å². The highest BCUT2D eigenvalue weighted by Gasteiger charge is 2.56. The summed E-state index contributed by atoms with van der Waals surface area (Å²) in [6, 6.07) is 6.23. The zero-order chi connectivity index (χ0) is 17.4. The van der Waals surface area contributed by atoms with Crippen LogP contribution in [0.2, 0.25) is 0 Å². The average molecular weight is 322 g/mol. The van der Waals surface area contributed by atoms with E-state index in [0.29, 0.717) is 11.3 Å². The standard InChI is InChI=1S/C16H18O7/c1-16(22)7-10(17)12(14(18)19)11(13(16)15(20)21)8-4-3-5-9(6-8)23-2/h3-6,11-13,22H,7H2,1-2H3,(H,18,19)(H,20,21). The van der Waals surface area contributed by atoms with Crippen LogP contribution < -0.4 is 4.74 Å². The normalized spacial score (nSPS) is 30.7. The van der Waals surface area contributed by atoms with E-state index < -0.39 is 47.5 Å². The van der Waals surface area contributed by atoms with E-state index in [1.807, 2.05) is 0 Å². The fraction of sp³-hybridized carbons (Fsp3) is 0.438. The first-order valence-electron chi connectivity index (χ1n) is 7.03. The van der Waals surface area contributed by atoms with Gasteiger partial charge in [0.15, 0.2) is 5.78 Å². The van der Waals surface area contributed by atoms with Crippen molar-refractivity contribution in [2.24, 2.45) is 11.8 Å². The van der Waals surface area contributed by atoms with Gasteiger partial charge in [-0.15, -0.1) is 0 Å². The fourth-order valence-electron chi connectivity index (χ4n) is 3.30. The molecule has 1 fully saturated rings. The molecule has 0 amide bonds. The number of Topliss-reactive ketones (excluding diaryl/α,β-unsaturated/α-hetero) is 1. The van der Waals surface area contributed by atoms with E-state index in [4.69, 9.17) is 4.74 Å². The molecule has 0 heterocycles. The maximum absolute atomic E-state index is 12.2. The van der Waals surface area contributed by atoms with Crippen molar-refractivity contribution in [2.75, 3.05) is 7.11 Å². The Kier molecular flexibility index (Phi) is 4.42. The van der Waals surface area contributed by atoms with Crippen LogP contribution in [0.4, 0.5) is 0 Å². The van der Waals surface area contributed by atoms with E-state index in [2.05, 4.69) is 0 Å². The number of benzene rings is 1. The van der Waals surface area contributed by atoms with Crippen molar-refractivity contribution in [3.05, 3.63) is 29.8 Å². The molecule has 23 heavy (non-hydrogen) atoms. The fourth-order valence-corrected chi connectivity index (χ4v) is 3.30. The number of hydrogen-bond donors (Lipinski definition) is 3. The number of carbonyl (C=O) groups is 3. The van der Waals surface area contributed by atoms with Crippen molar-refractivity contribution in [2.45, 2.75) is 24.9 Å². The van der Waals surface area contributed by atoms with Crippen molar-refractivity contribution in [1.29, 1.82) is 0 Å². The molecule has 3 N–H and O–H groups in total. The zero-order valence-corrected chi connectivity index (χ0v) is 12.7. The molecule has 1 aliphatic carbocycles. The maximum Gasteiger partial charge on any atom is 0.314 e. The lowest BCUT2D eigenvalue weighted by Gasteiger charge is -2.42. The van der Waals surface area contributed by atoms with Crippen LogP contribution in [0.15, 0.2) is 24.3 Å². The van der Waals surface area contributed by atoms with Gasteiger partial charge >= 0.3 is 11.9 Å². The molecule has 0 aliphatic heterocycles. The summed E-state index contributed by atoms with van der Waals surface area (Å²) in [5, 5.41) is 29.3. The van der Waals surface area contributed by atoms with Crippen LogP contribution in [-0.4, -0.2) is 45.8 Å². The second kappa shape index (κ2) is 6.00. The van der Waals surface area contributed by atoms with E-state index in [0.717, 1.165) is 0 Å². The van der Waals surface area contributed by atoms with Crippen molar-refractivity contribution in [1.82, 2.24) is 0 Å². The summed E-state index contributed by atoms with van der Waals surface area (Å²) in [5.41, 5.74) is -1.50. The molecule has 7 nitrogen and oxygen atoms in total. The number of carboxylic acid groups (broad SMARTS) is 2. The minimum Gasteiger partial charge on any atom is -0.497 e. The van der Waals surface area contributed by atoms with Gasteiger partial charge in [-0.1, -0.05) is 12.1 Å². The third kappa shape index (κ3) is 3.05. The van der Waals surface area contributed by atoms with Crippen LogP contribution in [-0.2, 0) is 14.4 Å². The predicted octanol–water partition coefficient (Wildman–Crippen LogP) is 0.904. The summed E-state index contributed by atoms with van der Waals surface area (Å²) in [6.07, 6.45) is -0.512. The van der Waals surface area contributed by atoms with Gasteiger partial charge in [0.25, 0.3) is 0 Å². The van der Waals surface area contributed by atoms with E-state index >= 15 is 0 Å². The highest BCUT2D eigenvalue weighted by molar-refractivity contribution is 6.02. The lowest BCUT2D eigenvalue weighted by molar-refractivity contribution is -0.167. The molecule has 1 saturated carbocycles. The first-order valence-corrected chi connectivity index (χ1v) is 7.03. The van der Waals surface area contributed by atoms with Crippen LogP contribution in [0, 0.1) is 11.8 Å². The molecule has 0 saturated heterocycles. The molecule has 124 valence electrons. The van der Waals surface area contributed by atoms with E-state index in [1.165, 1.54) is 26.2 Å². The molecule has 0 radical (unpaired) electrons. The Morgan fingerprint density at radius 3 is 2.43 bits per heavy atom. The number of aliphatic carboxylic acids is 2. The summed E-state index contributed by atoms with van der Waals surface area (Å²) in [6.45, 7) is 1.24. The van der Waals surface area contributed by atoms with Gasteiger partial charge in [0.05, 0.1) is 18.6 Å². The number of carboxylic acids is 2. The van der Waals surface area contributed by atoms with Gasteiger partial charge in [0, 0.05) is 12.3 Å². The molecule has 1 aromatic carbocycles. The molecule has 7 heteroatoms. The molecule has 4 unspecified atom stereocenters. The average Bonchev–Trinajstić information content (AvgIpc) is 2.44. The first-order chi connectivity index (χ1) is 10.7. The number of ketones is 1. The van der Waals surface area contributed by atoms with E-state index in [9.17, 15) is 29.7 Å². The van der Waals surface area contributed by atoms with Crippen molar-refractivity contribution >= 4 is 17.7 Å². The Labute approximate surface area is 132 Å². The molecule has 0 bridgehead atoms. The van der Waals surface area contributed by atoms with Crippen LogP contribution in [0.3, 0.4) is 0 Å². The molecule has 1 aliphatic rings. The zero-order valence-electron chi connectivity index (χ0n) is 12.7. The smallest absolute Gasteiger partial charge is 0.314 e. The lowest BCUT2D eigenvalue weighted by Crippen LogP contribution is -2.54. The number of carbonyl (C=O) groups excluding carboxylic acids is 1. The predicted molar refractivity (Wildman–Crippen MR) is 78.2 cm³/mol. The number of hydrogen-bond acceptors (Lipinski definition) is 5. The Hall–Kier alpha value is -2.41. The largest absolute Gasteiger partial charge is 0.497 e. The van der Waals surface area contributed by atoms with Gasteiger partial charge < -0.3 is 20.1 Å². The SMILES string of the molecule is COc1cccc(C2C(C(=O)O)C(=O)CC(C)(O)C2C(=O)O)c1. The van der Waals surface area contributed by atoms with E-state index in [-0.39, 0.29) is 0 Å². The van der Waals surface area contributed by atoms with Crippen molar-refractivity contribution < 1.29 is 34.4 Å². The third-order valence-electron chi connectivity index (χ3n) is 4.28. The number of rotatable bonds is 4. The first kappa shape index (κ1) is 17.0. The molecule has 0 spiro atoms. The minimum absolute atomic E-state index is 0.331. The van der Waals surface area contributed by atoms with Gasteiger partial charge in [0.1, 0.15) is 11.7 Å². The maximum atomic E-state index is 12.2. The number of methoxy groups -OCH3 is 1. The van der Waals surface area contributed by atoms with Gasteiger partial charge in [0.2, 0.25) is 0 Å². The molecular weight excluding hydrogens is 304 g/mol. The van der Waals surface area contributed by atoms with Gasteiger partial charge in [-0.3, -0.25) is 14.4 Å². The van der Waals surface area contributed by atoms with E-state index in [1.54, 1.807) is 12.1 Å². The Balaban J connectivity index is 2.64. The lowest BCUT2D eigenvalue weighted by atomic mass is 9.62. The second-order valence-corrected chi connectivity index (χ2v) is 5.93. The van der Waals surface area contributed by atoms with Crippen LogP contribution in [0.5, 0.6) is 5.75 Å². The van der Waals surface area contributed by atoms with Gasteiger partial charge in [-0.05, 0) is 24.6 Å². The Morgan fingerprint density at radius 2 is 1.91 bits per heavy atom. The van der Waals surface area contributed by atoms with Gasteiger partial charge in [-0.2, -0.15) is 0 Å². The second-order valence-electron chi connectivity index (χ2n) is 5.93. The molecule has 4 atom stereocenters. The summed E-state index contributed by atoms with van der Waals surface area (Å²) in [5.74, 6) is -7.15. The summed E-state index contributed by atoms with van der Waals surface area (Å²) >= 11 is 0. The highest BCUT2D eigenvalue weighted by atomic mass is 16.5. The topological polar surface area (TPSA) is 121 Å². The number of aliphatic hydroxyl groups is 1. The van der Waals surface area contributed by atoms with Crippen LogP contribution >= 0.6 is 0 Å². The van der Waals surface area contributed by atoms with Crippen molar-refractivity contribution in [3.63, 3.8) is 0 Å². The minimum atomic E-state index is -1.83. The van der Waals surface area contributed by atoms with Crippen LogP contribution in [0.25, 0.3) is 0 Å². The molecule has 0 aromatic heterocycles.